The second-order valence-corrected chi connectivity index (χ2v) is 5.45. The molecule has 2 unspecified atom stereocenters. The van der Waals surface area contributed by atoms with Crippen molar-refractivity contribution in [1.29, 1.82) is 0 Å². The minimum Gasteiger partial charge on any atom is -0.370 e. The van der Waals surface area contributed by atoms with Crippen LogP contribution in [0.5, 0.6) is 0 Å². The van der Waals surface area contributed by atoms with Crippen molar-refractivity contribution in [1.82, 2.24) is 10.3 Å². The first-order chi connectivity index (χ1) is 9.19. The van der Waals surface area contributed by atoms with Gasteiger partial charge in [0.05, 0.1) is 5.56 Å². The van der Waals surface area contributed by atoms with Gasteiger partial charge in [-0.05, 0) is 43.7 Å². The second-order valence-electron chi connectivity index (χ2n) is 5.45. The third-order valence-corrected chi connectivity index (χ3v) is 3.61. The quantitative estimate of drug-likeness (QED) is 0.857. The first-order valence-electron chi connectivity index (χ1n) is 7.19. The van der Waals surface area contributed by atoms with E-state index in [4.69, 9.17) is 0 Å². The van der Waals surface area contributed by atoms with Gasteiger partial charge in [-0.1, -0.05) is 13.8 Å². The summed E-state index contributed by atoms with van der Waals surface area (Å²) in [6.45, 7) is 5.25. The average Bonchev–Trinajstić information content (AvgIpc) is 2.82. The predicted octanol–water partition coefficient (Wildman–Crippen LogP) is 2.82. The Bertz CT molecular complexity index is 416. The highest BCUT2D eigenvalue weighted by atomic mass is 16.1. The van der Waals surface area contributed by atoms with Crippen molar-refractivity contribution in [2.45, 2.75) is 45.6 Å². The first-order valence-corrected chi connectivity index (χ1v) is 7.19. The summed E-state index contributed by atoms with van der Waals surface area (Å²) in [4.78, 5) is 16.3. The molecule has 0 aliphatic heterocycles. The zero-order valence-corrected chi connectivity index (χ0v) is 11.8. The van der Waals surface area contributed by atoms with Crippen molar-refractivity contribution in [3.8, 4) is 0 Å². The Kier molecular flexibility index (Phi) is 4.77. The number of hydrogen-bond acceptors (Lipinski definition) is 3. The molecule has 0 radical (unpaired) electrons. The molecule has 19 heavy (non-hydrogen) atoms. The number of amides is 1. The maximum atomic E-state index is 12.1. The average molecular weight is 261 g/mol. The number of anilines is 1. The summed E-state index contributed by atoms with van der Waals surface area (Å²) in [6, 6.07) is 4.03. The minimum atomic E-state index is -0.00589. The molecule has 1 aromatic heterocycles. The molecule has 2 N–H and O–H groups in total. The van der Waals surface area contributed by atoms with Gasteiger partial charge >= 0.3 is 0 Å². The lowest BCUT2D eigenvalue weighted by molar-refractivity contribution is 0.0937. The molecule has 0 bridgehead atoms. The number of nitrogens with zero attached hydrogens (tertiary/aromatic N) is 1. The van der Waals surface area contributed by atoms with E-state index in [9.17, 15) is 4.79 Å². The van der Waals surface area contributed by atoms with Gasteiger partial charge in [-0.15, -0.1) is 0 Å². The number of rotatable bonds is 5. The maximum absolute atomic E-state index is 12.1. The molecule has 2 rings (SSSR count). The molecule has 104 valence electrons. The molecule has 0 aromatic carbocycles. The van der Waals surface area contributed by atoms with Crippen LogP contribution in [0.2, 0.25) is 0 Å². The summed E-state index contributed by atoms with van der Waals surface area (Å²) in [5.41, 5.74) is 0.640. The fraction of sp³-hybridized carbons (Fsp3) is 0.600. The Hall–Kier alpha value is -1.58. The number of aromatic nitrogens is 1. The largest absolute Gasteiger partial charge is 0.370 e. The fourth-order valence-electron chi connectivity index (χ4n) is 2.49. The van der Waals surface area contributed by atoms with Crippen LogP contribution in [-0.2, 0) is 0 Å². The second kappa shape index (κ2) is 6.55. The molecule has 1 aliphatic rings. The first kappa shape index (κ1) is 13.8. The minimum absolute atomic E-state index is 0.00589. The molecule has 4 nitrogen and oxygen atoms in total. The van der Waals surface area contributed by atoms with Crippen LogP contribution in [-0.4, -0.2) is 23.5 Å². The van der Waals surface area contributed by atoms with Crippen molar-refractivity contribution in [3.63, 3.8) is 0 Å². The lowest BCUT2D eigenvalue weighted by Gasteiger charge is -2.12. The van der Waals surface area contributed by atoms with Gasteiger partial charge in [-0.25, -0.2) is 4.98 Å². The highest BCUT2D eigenvalue weighted by molar-refractivity contribution is 5.94. The molecular weight excluding hydrogens is 238 g/mol. The molecule has 1 heterocycles. The highest BCUT2D eigenvalue weighted by Gasteiger charge is 2.23. The van der Waals surface area contributed by atoms with Crippen LogP contribution < -0.4 is 10.6 Å². The van der Waals surface area contributed by atoms with Crippen LogP contribution in [0.1, 0.15) is 49.9 Å². The zero-order chi connectivity index (χ0) is 13.7. The monoisotopic (exact) mass is 261 g/mol. The number of carbonyl (C=O) groups is 1. The van der Waals surface area contributed by atoms with Gasteiger partial charge in [0.2, 0.25) is 0 Å². The van der Waals surface area contributed by atoms with Crippen molar-refractivity contribution < 1.29 is 4.79 Å². The fourth-order valence-corrected chi connectivity index (χ4v) is 2.49. The van der Waals surface area contributed by atoms with Gasteiger partial charge in [0.25, 0.3) is 5.91 Å². The van der Waals surface area contributed by atoms with Crippen LogP contribution in [0, 0.1) is 5.92 Å². The molecule has 1 aromatic rings. The number of nitrogens with one attached hydrogen (secondary N) is 2. The lowest BCUT2D eigenvalue weighted by Crippen LogP contribution is -2.32. The maximum Gasteiger partial charge on any atom is 0.253 e. The van der Waals surface area contributed by atoms with E-state index in [2.05, 4.69) is 29.5 Å². The molecule has 2 atom stereocenters. The summed E-state index contributed by atoms with van der Waals surface area (Å²) >= 11 is 0. The normalized spacial score (nSPS) is 22.2. The van der Waals surface area contributed by atoms with E-state index in [0.29, 0.717) is 11.6 Å². The zero-order valence-electron chi connectivity index (χ0n) is 11.8. The number of carbonyl (C=O) groups excluding carboxylic acids is 1. The van der Waals surface area contributed by atoms with Crippen LogP contribution >= 0.6 is 0 Å². The third kappa shape index (κ3) is 3.94. The van der Waals surface area contributed by atoms with Gasteiger partial charge < -0.3 is 10.6 Å². The van der Waals surface area contributed by atoms with Crippen LogP contribution in [0.3, 0.4) is 0 Å². The van der Waals surface area contributed by atoms with Crippen LogP contribution in [0.25, 0.3) is 0 Å². The molecule has 1 aliphatic carbocycles. The Balaban J connectivity index is 1.88. The Labute approximate surface area is 115 Å². The van der Waals surface area contributed by atoms with Gasteiger partial charge in [0.15, 0.2) is 0 Å². The van der Waals surface area contributed by atoms with E-state index in [0.717, 1.165) is 37.5 Å². The summed E-state index contributed by atoms with van der Waals surface area (Å²) < 4.78 is 0. The Morgan fingerprint density at radius 1 is 1.42 bits per heavy atom. The molecular formula is C15H23N3O. The van der Waals surface area contributed by atoms with Crippen molar-refractivity contribution in [3.05, 3.63) is 23.9 Å². The SMILES string of the molecule is CCCNc1ccc(C(=O)NC2CCC(C)C2)cn1. The lowest BCUT2D eigenvalue weighted by atomic mass is 10.1. The highest BCUT2D eigenvalue weighted by Crippen LogP contribution is 2.24. The van der Waals surface area contributed by atoms with Crippen molar-refractivity contribution >= 4 is 11.7 Å². The topological polar surface area (TPSA) is 54.0 Å². The third-order valence-electron chi connectivity index (χ3n) is 3.61. The van der Waals surface area contributed by atoms with E-state index in [1.54, 1.807) is 6.20 Å². The Morgan fingerprint density at radius 3 is 2.84 bits per heavy atom. The van der Waals surface area contributed by atoms with Crippen molar-refractivity contribution in [2.75, 3.05) is 11.9 Å². The van der Waals surface area contributed by atoms with E-state index in [1.165, 1.54) is 6.42 Å². The van der Waals surface area contributed by atoms with Gasteiger partial charge in [0, 0.05) is 18.8 Å². The smallest absolute Gasteiger partial charge is 0.253 e. The Morgan fingerprint density at radius 2 is 2.26 bits per heavy atom. The van der Waals surface area contributed by atoms with Gasteiger partial charge in [-0.3, -0.25) is 4.79 Å². The summed E-state index contributed by atoms with van der Waals surface area (Å²) in [5.74, 6) is 1.55. The molecule has 1 saturated carbocycles. The van der Waals surface area contributed by atoms with Crippen LogP contribution in [0.4, 0.5) is 5.82 Å². The van der Waals surface area contributed by atoms with E-state index in [1.807, 2.05) is 12.1 Å². The number of hydrogen-bond donors (Lipinski definition) is 2. The van der Waals surface area contributed by atoms with Crippen LogP contribution in [0.15, 0.2) is 18.3 Å². The van der Waals surface area contributed by atoms with Gasteiger partial charge in [-0.2, -0.15) is 0 Å². The molecule has 0 spiro atoms. The molecule has 0 saturated heterocycles. The van der Waals surface area contributed by atoms with Crippen molar-refractivity contribution in [2.24, 2.45) is 5.92 Å². The summed E-state index contributed by atoms with van der Waals surface area (Å²) in [7, 11) is 0. The van der Waals surface area contributed by atoms with E-state index >= 15 is 0 Å². The van der Waals surface area contributed by atoms with E-state index < -0.39 is 0 Å². The summed E-state index contributed by atoms with van der Waals surface area (Å²) in [5, 5.41) is 6.29. The standard InChI is InChI=1S/C15H23N3O/c1-3-8-16-14-7-5-12(10-17-14)15(19)18-13-6-4-11(2)9-13/h5,7,10-11,13H,3-4,6,8-9H2,1-2H3,(H,16,17)(H,18,19). The molecule has 4 heteroatoms. The van der Waals surface area contributed by atoms with Gasteiger partial charge in [0.1, 0.15) is 5.82 Å². The predicted molar refractivity (Wildman–Crippen MR) is 77.3 cm³/mol. The number of pyridine rings is 1. The molecule has 1 amide bonds. The molecule has 1 fully saturated rings. The van der Waals surface area contributed by atoms with E-state index in [-0.39, 0.29) is 5.91 Å². The summed E-state index contributed by atoms with van der Waals surface area (Å²) in [6.07, 6.45) is 6.10.